The Morgan fingerprint density at radius 3 is 2.96 bits per heavy atom. The van der Waals surface area contributed by atoms with Crippen molar-refractivity contribution in [1.82, 2.24) is 15.8 Å². The van der Waals surface area contributed by atoms with Crippen molar-refractivity contribution in [3.63, 3.8) is 0 Å². The number of amides is 1. The number of nitrogens with one attached hydrogen (secondary N) is 2. The number of hydroxylamine groups is 1. The number of aromatic nitrogens is 1. The quantitative estimate of drug-likeness (QED) is 0.375. The van der Waals surface area contributed by atoms with E-state index in [1.54, 1.807) is 18.2 Å². The molecule has 0 aromatic carbocycles. The fourth-order valence-corrected chi connectivity index (χ4v) is 2.49. The molecule has 0 aliphatic carbocycles. The summed E-state index contributed by atoms with van der Waals surface area (Å²) in [5.74, 6) is -1.53. The van der Waals surface area contributed by atoms with Crippen LogP contribution in [0.2, 0.25) is 5.15 Å². The van der Waals surface area contributed by atoms with Crippen LogP contribution in [0.5, 0.6) is 0 Å². The molecule has 0 spiro atoms. The highest BCUT2D eigenvalue weighted by Gasteiger charge is 2.42. The Labute approximate surface area is 143 Å². The number of nitrogens with zero attached hydrogens (tertiary/aromatic N) is 1. The number of dihydropyridines is 1. The average molecular weight is 356 g/mol. The number of carbonyl (C=O) groups is 2. The van der Waals surface area contributed by atoms with Gasteiger partial charge in [-0.25, -0.2) is 9.78 Å². The SMILES string of the molecule is CCCC1=CC=CN[C@@]1(Cl)C(=O)ONC(=O)c1cccnc1Cl. The van der Waals surface area contributed by atoms with Crippen molar-refractivity contribution in [3.05, 3.63) is 53.0 Å². The van der Waals surface area contributed by atoms with Crippen LogP contribution in [0, 0.1) is 0 Å². The van der Waals surface area contributed by atoms with Crippen molar-refractivity contribution >= 4 is 35.1 Å². The van der Waals surface area contributed by atoms with Crippen LogP contribution in [0.4, 0.5) is 0 Å². The van der Waals surface area contributed by atoms with Crippen LogP contribution in [-0.4, -0.2) is 21.9 Å². The van der Waals surface area contributed by atoms with Gasteiger partial charge in [0.05, 0.1) is 5.56 Å². The summed E-state index contributed by atoms with van der Waals surface area (Å²) in [6.45, 7) is 1.97. The van der Waals surface area contributed by atoms with Crippen molar-refractivity contribution in [2.75, 3.05) is 0 Å². The van der Waals surface area contributed by atoms with Gasteiger partial charge in [-0.1, -0.05) is 42.6 Å². The fraction of sp³-hybridized carbons (Fsp3) is 0.267. The van der Waals surface area contributed by atoms with Crippen LogP contribution < -0.4 is 10.8 Å². The third-order valence-corrected chi connectivity index (χ3v) is 3.97. The Kier molecular flexibility index (Phi) is 5.63. The normalized spacial score (nSPS) is 19.5. The molecule has 122 valence electrons. The molecule has 0 saturated heterocycles. The van der Waals surface area contributed by atoms with Gasteiger partial charge in [-0.15, -0.1) is 0 Å². The van der Waals surface area contributed by atoms with E-state index in [0.29, 0.717) is 12.0 Å². The predicted molar refractivity (Wildman–Crippen MR) is 86.7 cm³/mol. The number of hydrogen-bond acceptors (Lipinski definition) is 5. The average Bonchev–Trinajstić information content (AvgIpc) is 2.55. The Morgan fingerprint density at radius 1 is 1.48 bits per heavy atom. The molecule has 1 aromatic heterocycles. The molecule has 1 aliphatic rings. The Morgan fingerprint density at radius 2 is 2.26 bits per heavy atom. The predicted octanol–water partition coefficient (Wildman–Crippen LogP) is 2.70. The minimum Gasteiger partial charge on any atom is -0.360 e. The molecule has 0 saturated carbocycles. The van der Waals surface area contributed by atoms with Gasteiger partial charge < -0.3 is 10.2 Å². The standard InChI is InChI=1S/C15H15Cl2N3O3/c1-2-5-10-6-3-9-19-15(10,17)14(22)23-20-13(21)11-7-4-8-18-12(11)16/h3-4,6-9,19H,2,5H2,1H3,(H,20,21)/t15-/m1/s1. The smallest absolute Gasteiger partial charge is 0.360 e. The summed E-state index contributed by atoms with van der Waals surface area (Å²) in [4.78, 5) is 31.3. The molecule has 2 heterocycles. The molecule has 23 heavy (non-hydrogen) atoms. The van der Waals surface area contributed by atoms with Crippen LogP contribution in [0.1, 0.15) is 30.1 Å². The summed E-state index contributed by atoms with van der Waals surface area (Å²) < 4.78 is 0. The Balaban J connectivity index is 2.04. The van der Waals surface area contributed by atoms with Crippen molar-refractivity contribution < 1.29 is 14.4 Å². The van der Waals surface area contributed by atoms with E-state index in [2.05, 4.69) is 10.3 Å². The third-order valence-electron chi connectivity index (χ3n) is 3.16. The maximum absolute atomic E-state index is 12.3. The Hall–Kier alpha value is -2.05. The molecule has 0 bridgehead atoms. The number of rotatable bonds is 4. The molecule has 1 aliphatic heterocycles. The van der Waals surface area contributed by atoms with E-state index in [1.807, 2.05) is 12.4 Å². The second-order valence-electron chi connectivity index (χ2n) is 4.77. The maximum atomic E-state index is 12.3. The van der Waals surface area contributed by atoms with E-state index in [9.17, 15) is 9.59 Å². The van der Waals surface area contributed by atoms with Gasteiger partial charge in [-0.2, -0.15) is 5.48 Å². The minimum atomic E-state index is -1.54. The lowest BCUT2D eigenvalue weighted by atomic mass is 9.99. The molecular weight excluding hydrogens is 341 g/mol. The molecular formula is C15H15Cl2N3O3. The first-order chi connectivity index (χ1) is 11.0. The molecule has 0 unspecified atom stereocenters. The lowest BCUT2D eigenvalue weighted by Crippen LogP contribution is -2.50. The summed E-state index contributed by atoms with van der Waals surface area (Å²) in [6.07, 6.45) is 7.88. The number of halogens is 2. The minimum absolute atomic E-state index is 0.00642. The molecule has 1 atom stereocenters. The van der Waals surface area contributed by atoms with Crippen LogP contribution in [0.15, 0.2) is 42.3 Å². The molecule has 8 heteroatoms. The van der Waals surface area contributed by atoms with Crippen LogP contribution in [0.25, 0.3) is 0 Å². The molecule has 2 rings (SSSR count). The highest BCUT2D eigenvalue weighted by Crippen LogP contribution is 2.29. The first-order valence-corrected chi connectivity index (χ1v) is 7.69. The van der Waals surface area contributed by atoms with Gasteiger partial charge in [0.25, 0.3) is 5.91 Å². The maximum Gasteiger partial charge on any atom is 0.376 e. The number of pyridine rings is 1. The van der Waals surface area contributed by atoms with Gasteiger partial charge in [-0.05, 0) is 36.4 Å². The van der Waals surface area contributed by atoms with E-state index in [4.69, 9.17) is 28.0 Å². The highest BCUT2D eigenvalue weighted by molar-refractivity contribution is 6.36. The first kappa shape index (κ1) is 17.3. The van der Waals surface area contributed by atoms with Gasteiger partial charge in [0, 0.05) is 6.20 Å². The molecule has 0 fully saturated rings. The zero-order chi connectivity index (χ0) is 16.9. The summed E-state index contributed by atoms with van der Waals surface area (Å²) in [6, 6.07) is 3.00. The second-order valence-corrected chi connectivity index (χ2v) is 5.69. The van der Waals surface area contributed by atoms with Gasteiger partial charge in [0.2, 0.25) is 5.00 Å². The molecule has 1 aromatic rings. The number of allylic oxidation sites excluding steroid dienone is 2. The van der Waals surface area contributed by atoms with Crippen molar-refractivity contribution in [1.29, 1.82) is 0 Å². The van der Waals surface area contributed by atoms with Crippen molar-refractivity contribution in [2.24, 2.45) is 0 Å². The first-order valence-electron chi connectivity index (χ1n) is 6.94. The van der Waals surface area contributed by atoms with E-state index < -0.39 is 16.9 Å². The van der Waals surface area contributed by atoms with Crippen molar-refractivity contribution in [3.8, 4) is 0 Å². The summed E-state index contributed by atoms with van der Waals surface area (Å²) in [5, 5.41) is 2.76. The molecule has 2 N–H and O–H groups in total. The highest BCUT2D eigenvalue weighted by atomic mass is 35.5. The van der Waals surface area contributed by atoms with Gasteiger partial charge in [0.15, 0.2) is 0 Å². The van der Waals surface area contributed by atoms with Gasteiger partial charge in [0.1, 0.15) is 5.15 Å². The lowest BCUT2D eigenvalue weighted by molar-refractivity contribution is -0.152. The zero-order valence-corrected chi connectivity index (χ0v) is 13.8. The van der Waals surface area contributed by atoms with E-state index in [-0.39, 0.29) is 10.7 Å². The number of hydrogen-bond donors (Lipinski definition) is 2. The van der Waals surface area contributed by atoms with E-state index >= 15 is 0 Å². The summed E-state index contributed by atoms with van der Waals surface area (Å²) in [5.41, 5.74) is 2.78. The summed E-state index contributed by atoms with van der Waals surface area (Å²) >= 11 is 12.1. The van der Waals surface area contributed by atoms with Gasteiger partial charge in [-0.3, -0.25) is 4.79 Å². The monoisotopic (exact) mass is 355 g/mol. The molecule has 1 amide bonds. The lowest BCUT2D eigenvalue weighted by Gasteiger charge is -2.29. The van der Waals surface area contributed by atoms with E-state index in [0.717, 1.165) is 6.42 Å². The van der Waals surface area contributed by atoms with Crippen LogP contribution in [-0.2, 0) is 9.63 Å². The summed E-state index contributed by atoms with van der Waals surface area (Å²) in [7, 11) is 0. The molecule has 0 radical (unpaired) electrons. The molecule has 6 nitrogen and oxygen atoms in total. The topological polar surface area (TPSA) is 80.3 Å². The fourth-order valence-electron chi connectivity index (χ4n) is 2.02. The van der Waals surface area contributed by atoms with Gasteiger partial charge >= 0.3 is 5.97 Å². The second kappa shape index (κ2) is 7.48. The number of alkyl halides is 1. The van der Waals surface area contributed by atoms with Crippen molar-refractivity contribution in [2.45, 2.75) is 24.8 Å². The van der Waals surface area contributed by atoms with E-state index in [1.165, 1.54) is 18.5 Å². The Bertz CT molecular complexity index is 676. The largest absolute Gasteiger partial charge is 0.376 e. The van der Waals surface area contributed by atoms with Crippen LogP contribution >= 0.6 is 23.2 Å². The van der Waals surface area contributed by atoms with Crippen LogP contribution in [0.3, 0.4) is 0 Å². The zero-order valence-electron chi connectivity index (χ0n) is 12.3. The third kappa shape index (κ3) is 3.83. The number of carbonyl (C=O) groups excluding carboxylic acids is 2.